The minimum absolute atomic E-state index is 0.0438. The van der Waals surface area contributed by atoms with Crippen molar-refractivity contribution in [3.63, 3.8) is 0 Å². The van der Waals surface area contributed by atoms with Crippen LogP contribution in [0.5, 0.6) is 11.5 Å². The molecule has 0 bridgehead atoms. The normalized spacial score (nSPS) is 13.3. The molecule has 0 aliphatic carbocycles. The first kappa shape index (κ1) is 22.3. The molecular weight excluding hydrogens is 424 g/mol. The minimum atomic E-state index is -0.374. The maximum absolute atomic E-state index is 12.9. The number of hydrogen-bond acceptors (Lipinski definition) is 8. The second-order valence-corrected chi connectivity index (χ2v) is 7.43. The van der Waals surface area contributed by atoms with E-state index in [1.54, 1.807) is 42.5 Å². The molecule has 2 aromatic rings. The average Bonchev–Trinajstić information content (AvgIpc) is 3.33. The Hall–Kier alpha value is -3.34. The Labute approximate surface area is 183 Å². The van der Waals surface area contributed by atoms with Gasteiger partial charge in [0, 0.05) is 24.5 Å². The van der Waals surface area contributed by atoms with E-state index in [4.69, 9.17) is 14.2 Å². The van der Waals surface area contributed by atoms with E-state index in [-0.39, 0.29) is 30.9 Å². The lowest BCUT2D eigenvalue weighted by Gasteiger charge is -2.20. The Bertz CT molecular complexity index is 963. The van der Waals surface area contributed by atoms with Crippen LogP contribution in [0.2, 0.25) is 0 Å². The van der Waals surface area contributed by atoms with E-state index >= 15 is 0 Å². The van der Waals surface area contributed by atoms with Gasteiger partial charge in [-0.2, -0.15) is 0 Å². The molecule has 2 heterocycles. The number of aromatic nitrogens is 1. The Morgan fingerprint density at radius 1 is 1.23 bits per heavy atom. The fourth-order valence-corrected chi connectivity index (χ4v) is 3.82. The van der Waals surface area contributed by atoms with Crippen molar-refractivity contribution < 1.29 is 28.6 Å². The smallest absolute Gasteiger partial charge is 0.325 e. The summed E-state index contributed by atoms with van der Waals surface area (Å²) in [5.41, 5.74) is 1.10. The predicted molar refractivity (Wildman–Crippen MR) is 115 cm³/mol. The summed E-state index contributed by atoms with van der Waals surface area (Å²) in [5.74, 6) is 0.394. The van der Waals surface area contributed by atoms with E-state index in [2.05, 4.69) is 10.3 Å². The number of thiazole rings is 1. The highest BCUT2D eigenvalue weighted by atomic mass is 32.1. The van der Waals surface area contributed by atoms with Crippen LogP contribution in [0.25, 0.3) is 0 Å². The number of urea groups is 1. The van der Waals surface area contributed by atoms with Crippen molar-refractivity contribution in [2.75, 3.05) is 50.7 Å². The molecule has 3 amide bonds. The summed E-state index contributed by atoms with van der Waals surface area (Å²) in [7, 11) is 3.08. The van der Waals surface area contributed by atoms with Gasteiger partial charge in [0.15, 0.2) is 5.13 Å². The lowest BCUT2D eigenvalue weighted by Crippen LogP contribution is -2.37. The number of amides is 3. The number of hydrogen-bond donors (Lipinski definition) is 1. The first-order chi connectivity index (χ1) is 14.9. The molecule has 1 aliphatic heterocycles. The maximum atomic E-state index is 12.9. The zero-order valence-corrected chi connectivity index (χ0v) is 18.4. The van der Waals surface area contributed by atoms with E-state index in [1.807, 2.05) is 0 Å². The van der Waals surface area contributed by atoms with Gasteiger partial charge in [-0.1, -0.05) is 0 Å². The van der Waals surface area contributed by atoms with Crippen LogP contribution in [0, 0.1) is 0 Å². The van der Waals surface area contributed by atoms with Gasteiger partial charge in [0.05, 0.1) is 38.6 Å². The largest absolute Gasteiger partial charge is 0.497 e. The van der Waals surface area contributed by atoms with E-state index < -0.39 is 0 Å². The van der Waals surface area contributed by atoms with Gasteiger partial charge >= 0.3 is 12.0 Å². The molecule has 1 aromatic heterocycles. The van der Waals surface area contributed by atoms with Crippen molar-refractivity contribution >= 4 is 40.1 Å². The highest BCUT2D eigenvalue weighted by molar-refractivity contribution is 7.13. The van der Waals surface area contributed by atoms with Crippen LogP contribution in [0.15, 0.2) is 23.6 Å². The van der Waals surface area contributed by atoms with Gasteiger partial charge in [0.25, 0.3) is 0 Å². The molecule has 166 valence electrons. The van der Waals surface area contributed by atoms with Gasteiger partial charge in [-0.25, -0.2) is 9.78 Å². The lowest BCUT2D eigenvalue weighted by molar-refractivity contribution is -0.142. The second kappa shape index (κ2) is 10.1. The standard InChI is InChI=1S/C20H24N4O6S/c1-4-30-18(26)9-13-12-31-19(21-13)22-17(25)11-23-7-8-24(20(23)27)15-10-14(28-2)5-6-16(15)29-3/h5-6,10,12H,4,7-9,11H2,1-3H3,(H,21,22,25). The van der Waals surface area contributed by atoms with Gasteiger partial charge in [-0.3, -0.25) is 14.5 Å². The van der Waals surface area contributed by atoms with Crippen molar-refractivity contribution in [1.82, 2.24) is 9.88 Å². The third kappa shape index (κ3) is 5.43. The third-order valence-electron chi connectivity index (χ3n) is 4.54. The summed E-state index contributed by atoms with van der Waals surface area (Å²) in [5, 5.41) is 4.72. The zero-order valence-electron chi connectivity index (χ0n) is 17.5. The van der Waals surface area contributed by atoms with Gasteiger partial charge in [0.1, 0.15) is 18.0 Å². The van der Waals surface area contributed by atoms with E-state index in [1.165, 1.54) is 23.3 Å². The van der Waals surface area contributed by atoms with E-state index in [0.29, 0.717) is 47.7 Å². The Morgan fingerprint density at radius 3 is 2.74 bits per heavy atom. The van der Waals surface area contributed by atoms with Crippen molar-refractivity contribution in [3.8, 4) is 11.5 Å². The molecular formula is C20H24N4O6S. The highest BCUT2D eigenvalue weighted by Crippen LogP contribution is 2.34. The fourth-order valence-electron chi connectivity index (χ4n) is 3.10. The van der Waals surface area contributed by atoms with Crippen LogP contribution in [0.1, 0.15) is 12.6 Å². The molecule has 1 N–H and O–H groups in total. The molecule has 1 aliphatic rings. The molecule has 10 nitrogen and oxygen atoms in total. The van der Waals surface area contributed by atoms with Gasteiger partial charge in [-0.05, 0) is 19.1 Å². The molecule has 0 spiro atoms. The van der Waals surface area contributed by atoms with Crippen LogP contribution in [0.4, 0.5) is 15.6 Å². The second-order valence-electron chi connectivity index (χ2n) is 6.57. The minimum Gasteiger partial charge on any atom is -0.497 e. The summed E-state index contributed by atoms with van der Waals surface area (Å²) in [4.78, 5) is 44.0. The van der Waals surface area contributed by atoms with E-state index in [0.717, 1.165) is 0 Å². The summed E-state index contributed by atoms with van der Waals surface area (Å²) in [6.45, 7) is 2.72. The maximum Gasteiger partial charge on any atom is 0.325 e. The number of rotatable bonds is 9. The number of anilines is 2. The number of carbonyl (C=O) groups is 3. The number of carbonyl (C=O) groups excluding carboxylic acids is 3. The zero-order chi connectivity index (χ0) is 22.4. The number of esters is 1. The van der Waals surface area contributed by atoms with Gasteiger partial charge < -0.3 is 24.4 Å². The SMILES string of the molecule is CCOC(=O)Cc1csc(NC(=O)CN2CCN(c3cc(OC)ccc3OC)C2=O)n1. The molecule has 0 radical (unpaired) electrons. The summed E-state index contributed by atoms with van der Waals surface area (Å²) in [6, 6.07) is 4.90. The Balaban J connectivity index is 1.59. The van der Waals surface area contributed by atoms with Crippen LogP contribution in [-0.4, -0.2) is 68.3 Å². The fraction of sp³-hybridized carbons (Fsp3) is 0.400. The number of ether oxygens (including phenoxy) is 3. The molecule has 31 heavy (non-hydrogen) atoms. The van der Waals surface area contributed by atoms with Crippen LogP contribution in [-0.2, 0) is 20.7 Å². The first-order valence-electron chi connectivity index (χ1n) is 9.63. The quantitative estimate of drug-likeness (QED) is 0.585. The molecule has 1 fully saturated rings. The monoisotopic (exact) mass is 448 g/mol. The van der Waals surface area contributed by atoms with Crippen LogP contribution < -0.4 is 19.7 Å². The van der Waals surface area contributed by atoms with Gasteiger partial charge in [0.2, 0.25) is 5.91 Å². The highest BCUT2D eigenvalue weighted by Gasteiger charge is 2.32. The summed E-state index contributed by atoms with van der Waals surface area (Å²) in [6.07, 6.45) is 0.0438. The number of nitrogens with zero attached hydrogens (tertiary/aromatic N) is 3. The van der Waals surface area contributed by atoms with E-state index in [9.17, 15) is 14.4 Å². The number of benzene rings is 1. The predicted octanol–water partition coefficient (Wildman–Crippen LogP) is 2.15. The molecule has 11 heteroatoms. The molecule has 0 unspecified atom stereocenters. The molecule has 1 aromatic carbocycles. The van der Waals surface area contributed by atoms with Crippen LogP contribution >= 0.6 is 11.3 Å². The molecule has 1 saturated heterocycles. The van der Waals surface area contributed by atoms with Crippen molar-refractivity contribution in [1.29, 1.82) is 0 Å². The topological polar surface area (TPSA) is 110 Å². The Kier molecular flexibility index (Phi) is 7.29. The molecule has 0 saturated carbocycles. The van der Waals surface area contributed by atoms with Crippen molar-refractivity contribution in [2.24, 2.45) is 0 Å². The van der Waals surface area contributed by atoms with Crippen LogP contribution in [0.3, 0.4) is 0 Å². The summed E-state index contributed by atoms with van der Waals surface area (Å²) < 4.78 is 15.5. The third-order valence-corrected chi connectivity index (χ3v) is 5.34. The molecule has 0 atom stereocenters. The summed E-state index contributed by atoms with van der Waals surface area (Å²) >= 11 is 1.21. The number of nitrogens with one attached hydrogen (secondary N) is 1. The average molecular weight is 449 g/mol. The first-order valence-corrected chi connectivity index (χ1v) is 10.5. The Morgan fingerprint density at radius 2 is 2.03 bits per heavy atom. The van der Waals surface area contributed by atoms with Crippen molar-refractivity contribution in [2.45, 2.75) is 13.3 Å². The van der Waals surface area contributed by atoms with Crippen molar-refractivity contribution in [3.05, 3.63) is 29.3 Å². The number of methoxy groups -OCH3 is 2. The lowest BCUT2D eigenvalue weighted by atomic mass is 10.2. The molecule has 3 rings (SSSR count). The van der Waals surface area contributed by atoms with Gasteiger partial charge in [-0.15, -0.1) is 11.3 Å².